The lowest BCUT2D eigenvalue weighted by atomic mass is 9.82. The number of hydrogen-bond donors (Lipinski definition) is 1. The van der Waals surface area contributed by atoms with Crippen molar-refractivity contribution in [2.45, 2.75) is 32.6 Å². The summed E-state index contributed by atoms with van der Waals surface area (Å²) in [6, 6.07) is 6.17. The van der Waals surface area contributed by atoms with Gasteiger partial charge in [-0.2, -0.15) is 0 Å². The zero-order valence-corrected chi connectivity index (χ0v) is 12.3. The molecule has 0 bridgehead atoms. The maximum absolute atomic E-state index is 6.00. The van der Waals surface area contributed by atoms with Crippen molar-refractivity contribution in [1.82, 2.24) is 9.88 Å². The van der Waals surface area contributed by atoms with Crippen molar-refractivity contribution in [2.75, 3.05) is 26.2 Å². The molecule has 0 aliphatic carbocycles. The van der Waals surface area contributed by atoms with E-state index < -0.39 is 0 Å². The van der Waals surface area contributed by atoms with Crippen LogP contribution in [0.4, 0.5) is 0 Å². The second-order valence-electron chi connectivity index (χ2n) is 6.13. The standard InChI is InChI=1S/C16H27N3/c1-13(2)12-19-9-6-14(7-10-19)15(11-17)16-5-3-4-8-18-16/h3-5,8,13-15H,6-7,9-12,17H2,1-2H3. The van der Waals surface area contributed by atoms with E-state index in [1.165, 1.54) is 38.2 Å². The topological polar surface area (TPSA) is 42.1 Å². The molecule has 1 unspecified atom stereocenters. The molecule has 1 aromatic rings. The van der Waals surface area contributed by atoms with Crippen LogP contribution in [-0.4, -0.2) is 36.1 Å². The Morgan fingerprint density at radius 2 is 2.05 bits per heavy atom. The molecule has 2 N–H and O–H groups in total. The van der Waals surface area contributed by atoms with Crippen molar-refractivity contribution < 1.29 is 0 Å². The van der Waals surface area contributed by atoms with E-state index >= 15 is 0 Å². The second-order valence-corrected chi connectivity index (χ2v) is 6.13. The zero-order valence-electron chi connectivity index (χ0n) is 12.3. The smallest absolute Gasteiger partial charge is 0.0449 e. The molecule has 19 heavy (non-hydrogen) atoms. The van der Waals surface area contributed by atoms with Gasteiger partial charge >= 0.3 is 0 Å². The van der Waals surface area contributed by atoms with E-state index in [0.717, 1.165) is 5.92 Å². The van der Waals surface area contributed by atoms with Crippen molar-refractivity contribution in [3.63, 3.8) is 0 Å². The van der Waals surface area contributed by atoms with Gasteiger partial charge < -0.3 is 10.6 Å². The monoisotopic (exact) mass is 261 g/mol. The first kappa shape index (κ1) is 14.5. The van der Waals surface area contributed by atoms with Gasteiger partial charge in [0.25, 0.3) is 0 Å². The van der Waals surface area contributed by atoms with Gasteiger partial charge in [-0.05, 0) is 49.9 Å². The molecule has 2 rings (SSSR count). The van der Waals surface area contributed by atoms with Gasteiger partial charge in [-0.15, -0.1) is 0 Å². The maximum Gasteiger partial charge on any atom is 0.0449 e. The lowest BCUT2D eigenvalue weighted by Gasteiger charge is -2.36. The van der Waals surface area contributed by atoms with Crippen LogP contribution in [0, 0.1) is 11.8 Å². The number of aromatic nitrogens is 1. The summed E-state index contributed by atoms with van der Waals surface area (Å²) >= 11 is 0. The summed E-state index contributed by atoms with van der Waals surface area (Å²) < 4.78 is 0. The van der Waals surface area contributed by atoms with Crippen LogP contribution in [0.1, 0.15) is 38.3 Å². The van der Waals surface area contributed by atoms with Crippen molar-refractivity contribution in [3.05, 3.63) is 30.1 Å². The summed E-state index contributed by atoms with van der Waals surface area (Å²) in [6.07, 6.45) is 4.39. The fourth-order valence-corrected chi connectivity index (χ4v) is 3.20. The molecule has 0 spiro atoms. The van der Waals surface area contributed by atoms with E-state index in [-0.39, 0.29) is 0 Å². The molecule has 0 saturated carbocycles. The molecular formula is C16H27N3. The Labute approximate surface area is 117 Å². The van der Waals surface area contributed by atoms with Crippen LogP contribution in [0.5, 0.6) is 0 Å². The Bertz CT molecular complexity index is 356. The SMILES string of the molecule is CC(C)CN1CCC(C(CN)c2ccccn2)CC1. The first-order valence-electron chi connectivity index (χ1n) is 7.54. The minimum absolute atomic E-state index is 0.433. The van der Waals surface area contributed by atoms with Crippen LogP contribution >= 0.6 is 0 Å². The molecule has 1 aliphatic rings. The number of pyridine rings is 1. The average Bonchev–Trinajstić information content (AvgIpc) is 2.42. The average molecular weight is 261 g/mol. The maximum atomic E-state index is 6.00. The van der Waals surface area contributed by atoms with Gasteiger partial charge in [0.05, 0.1) is 0 Å². The predicted molar refractivity (Wildman–Crippen MR) is 80.0 cm³/mol. The number of hydrogen-bond acceptors (Lipinski definition) is 3. The number of nitrogens with two attached hydrogens (primary N) is 1. The van der Waals surface area contributed by atoms with Crippen molar-refractivity contribution in [3.8, 4) is 0 Å². The minimum atomic E-state index is 0.433. The summed E-state index contributed by atoms with van der Waals surface area (Å²) in [4.78, 5) is 7.09. The fraction of sp³-hybridized carbons (Fsp3) is 0.688. The molecule has 1 fully saturated rings. The van der Waals surface area contributed by atoms with Gasteiger partial charge in [-0.3, -0.25) is 4.98 Å². The first-order valence-corrected chi connectivity index (χ1v) is 7.54. The van der Waals surface area contributed by atoms with Crippen LogP contribution in [0.3, 0.4) is 0 Å². The second kappa shape index (κ2) is 7.01. The van der Waals surface area contributed by atoms with E-state index in [1.807, 2.05) is 12.3 Å². The van der Waals surface area contributed by atoms with Gasteiger partial charge in [0.1, 0.15) is 0 Å². The fourth-order valence-electron chi connectivity index (χ4n) is 3.20. The van der Waals surface area contributed by atoms with Crippen LogP contribution in [-0.2, 0) is 0 Å². The van der Waals surface area contributed by atoms with E-state index in [1.54, 1.807) is 0 Å². The summed E-state index contributed by atoms with van der Waals surface area (Å²) in [5.41, 5.74) is 7.17. The van der Waals surface area contributed by atoms with Gasteiger partial charge in [0, 0.05) is 30.9 Å². The summed E-state index contributed by atoms with van der Waals surface area (Å²) in [6.45, 7) is 8.96. The highest BCUT2D eigenvalue weighted by atomic mass is 15.1. The minimum Gasteiger partial charge on any atom is -0.330 e. The molecule has 1 saturated heterocycles. The zero-order chi connectivity index (χ0) is 13.7. The molecule has 1 aromatic heterocycles. The van der Waals surface area contributed by atoms with Crippen LogP contribution in [0.2, 0.25) is 0 Å². The number of nitrogens with zero attached hydrogens (tertiary/aromatic N) is 2. The molecule has 0 radical (unpaired) electrons. The molecule has 3 heteroatoms. The summed E-state index contributed by atoms with van der Waals surface area (Å²) in [5, 5.41) is 0. The Hall–Kier alpha value is -0.930. The quantitative estimate of drug-likeness (QED) is 0.885. The lowest BCUT2D eigenvalue weighted by Crippen LogP contribution is -2.39. The molecule has 3 nitrogen and oxygen atoms in total. The third-order valence-corrected chi connectivity index (χ3v) is 4.15. The number of rotatable bonds is 5. The highest BCUT2D eigenvalue weighted by Crippen LogP contribution is 2.31. The highest BCUT2D eigenvalue weighted by Gasteiger charge is 2.27. The molecule has 1 aliphatic heterocycles. The summed E-state index contributed by atoms with van der Waals surface area (Å²) in [7, 11) is 0. The van der Waals surface area contributed by atoms with Gasteiger partial charge in [0.15, 0.2) is 0 Å². The Morgan fingerprint density at radius 3 is 2.58 bits per heavy atom. The number of likely N-dealkylation sites (tertiary alicyclic amines) is 1. The highest BCUT2D eigenvalue weighted by molar-refractivity contribution is 5.11. The molecular weight excluding hydrogens is 234 g/mol. The molecule has 1 atom stereocenters. The van der Waals surface area contributed by atoms with Crippen molar-refractivity contribution in [2.24, 2.45) is 17.6 Å². The lowest BCUT2D eigenvalue weighted by molar-refractivity contribution is 0.154. The van der Waals surface area contributed by atoms with E-state index in [4.69, 9.17) is 5.73 Å². The van der Waals surface area contributed by atoms with Crippen LogP contribution in [0.15, 0.2) is 24.4 Å². The van der Waals surface area contributed by atoms with Crippen molar-refractivity contribution in [1.29, 1.82) is 0 Å². The van der Waals surface area contributed by atoms with Crippen molar-refractivity contribution >= 4 is 0 Å². The van der Waals surface area contributed by atoms with E-state index in [0.29, 0.717) is 18.4 Å². The summed E-state index contributed by atoms with van der Waals surface area (Å²) in [5.74, 6) is 1.89. The normalized spacial score (nSPS) is 19.8. The third-order valence-electron chi connectivity index (χ3n) is 4.15. The Kier molecular flexibility index (Phi) is 5.34. The van der Waals surface area contributed by atoms with E-state index in [2.05, 4.69) is 35.9 Å². The number of piperidine rings is 1. The molecule has 2 heterocycles. The van der Waals surface area contributed by atoms with E-state index in [9.17, 15) is 0 Å². The van der Waals surface area contributed by atoms with Gasteiger partial charge in [0.2, 0.25) is 0 Å². The van der Waals surface area contributed by atoms with Crippen LogP contribution in [0.25, 0.3) is 0 Å². The van der Waals surface area contributed by atoms with Gasteiger partial charge in [-0.25, -0.2) is 0 Å². The Balaban J connectivity index is 1.92. The molecule has 0 amide bonds. The molecule has 106 valence electrons. The first-order chi connectivity index (χ1) is 9.20. The van der Waals surface area contributed by atoms with Gasteiger partial charge in [-0.1, -0.05) is 19.9 Å². The Morgan fingerprint density at radius 1 is 1.32 bits per heavy atom. The van der Waals surface area contributed by atoms with Crippen LogP contribution < -0.4 is 5.73 Å². The largest absolute Gasteiger partial charge is 0.330 e. The molecule has 0 aromatic carbocycles. The third kappa shape index (κ3) is 4.02. The predicted octanol–water partition coefficient (Wildman–Crippen LogP) is 2.49.